The van der Waals surface area contributed by atoms with Gasteiger partial charge in [0.2, 0.25) is 0 Å². The zero-order valence-electron chi connectivity index (χ0n) is 13.1. The number of hydrogen-bond acceptors (Lipinski definition) is 4. The van der Waals surface area contributed by atoms with Gasteiger partial charge in [-0.15, -0.1) is 11.8 Å². The van der Waals surface area contributed by atoms with Gasteiger partial charge in [0.25, 0.3) is 0 Å². The Morgan fingerprint density at radius 3 is 2.83 bits per heavy atom. The number of halogens is 1. The van der Waals surface area contributed by atoms with Crippen molar-refractivity contribution in [1.29, 1.82) is 0 Å². The molecule has 1 heterocycles. The van der Waals surface area contributed by atoms with E-state index in [9.17, 15) is 4.79 Å². The molecule has 0 aliphatic heterocycles. The molecule has 0 radical (unpaired) electrons. The van der Waals surface area contributed by atoms with Gasteiger partial charge in [0.15, 0.2) is 0 Å². The molecule has 1 aliphatic carbocycles. The first-order chi connectivity index (χ1) is 11.7. The van der Waals surface area contributed by atoms with E-state index in [-0.39, 0.29) is 5.69 Å². The van der Waals surface area contributed by atoms with Crippen LogP contribution >= 0.6 is 27.7 Å². The number of benzene rings is 2. The molecule has 4 rings (SSSR count). The third-order valence-electron chi connectivity index (χ3n) is 4.08. The van der Waals surface area contributed by atoms with Gasteiger partial charge in [-0.05, 0) is 55.5 Å². The molecular weight excluding hydrogens is 386 g/mol. The number of thioether (sulfide) groups is 1. The molecule has 1 fully saturated rings. The number of rotatable bonds is 4. The lowest BCUT2D eigenvalue weighted by Crippen LogP contribution is -2.24. The second-order valence-corrected chi connectivity index (χ2v) is 7.66. The minimum absolute atomic E-state index is 0.262. The van der Waals surface area contributed by atoms with Crippen LogP contribution in [0.1, 0.15) is 12.8 Å². The minimum atomic E-state index is -0.262. The van der Waals surface area contributed by atoms with Crippen molar-refractivity contribution in [2.45, 2.75) is 23.8 Å². The molecule has 0 saturated heterocycles. The van der Waals surface area contributed by atoms with Crippen LogP contribution in [-0.2, 0) is 0 Å². The lowest BCUT2D eigenvalue weighted by atomic mass is 10.2. The number of nitrogens with one attached hydrogen (secondary N) is 1. The Morgan fingerprint density at radius 2 is 2.08 bits per heavy atom. The average Bonchev–Trinajstić information content (AvgIpc) is 3.38. The molecule has 6 heteroatoms. The molecule has 2 aromatic carbocycles. The van der Waals surface area contributed by atoms with E-state index >= 15 is 0 Å². The highest BCUT2D eigenvalue weighted by atomic mass is 79.9. The summed E-state index contributed by atoms with van der Waals surface area (Å²) >= 11 is 5.17. The molecule has 1 aromatic heterocycles. The summed E-state index contributed by atoms with van der Waals surface area (Å²) in [6, 6.07) is 14.4. The van der Waals surface area contributed by atoms with Crippen LogP contribution in [-0.4, -0.2) is 21.8 Å². The van der Waals surface area contributed by atoms with Crippen LogP contribution in [0.3, 0.4) is 0 Å². The first-order valence-corrected chi connectivity index (χ1v) is 9.81. The molecule has 3 aromatic rings. The Labute approximate surface area is 152 Å². The van der Waals surface area contributed by atoms with Gasteiger partial charge >= 0.3 is 5.69 Å². The molecule has 1 aliphatic rings. The zero-order valence-corrected chi connectivity index (χ0v) is 15.5. The van der Waals surface area contributed by atoms with E-state index in [2.05, 4.69) is 26.2 Å². The third-order valence-corrected chi connectivity index (χ3v) is 5.30. The van der Waals surface area contributed by atoms with Gasteiger partial charge in [0, 0.05) is 20.8 Å². The fraction of sp³-hybridized carbons (Fsp3) is 0.222. The summed E-state index contributed by atoms with van der Waals surface area (Å²) in [6.07, 6.45) is 4.30. The van der Waals surface area contributed by atoms with Crippen molar-refractivity contribution >= 4 is 44.4 Å². The Hall–Kier alpha value is -1.79. The van der Waals surface area contributed by atoms with Crippen LogP contribution in [0.25, 0.3) is 16.6 Å². The number of fused-ring (bicyclic) bond motifs is 1. The summed E-state index contributed by atoms with van der Waals surface area (Å²) in [5, 5.41) is 4.33. The highest BCUT2D eigenvalue weighted by molar-refractivity contribution is 9.10. The van der Waals surface area contributed by atoms with Crippen molar-refractivity contribution in [1.82, 2.24) is 9.55 Å². The predicted molar refractivity (Wildman–Crippen MR) is 103 cm³/mol. The van der Waals surface area contributed by atoms with E-state index in [1.165, 1.54) is 0 Å². The molecule has 0 amide bonds. The highest BCUT2D eigenvalue weighted by Crippen LogP contribution is 2.30. The van der Waals surface area contributed by atoms with Crippen molar-refractivity contribution in [3.05, 3.63) is 57.4 Å². The van der Waals surface area contributed by atoms with Crippen LogP contribution in [0.4, 0.5) is 5.82 Å². The van der Waals surface area contributed by atoms with Crippen LogP contribution in [0.2, 0.25) is 0 Å². The molecule has 0 bridgehead atoms. The van der Waals surface area contributed by atoms with Crippen molar-refractivity contribution < 1.29 is 0 Å². The van der Waals surface area contributed by atoms with Crippen molar-refractivity contribution in [3.8, 4) is 5.69 Å². The second-order valence-electron chi connectivity index (χ2n) is 5.86. The summed E-state index contributed by atoms with van der Waals surface area (Å²) < 4.78 is 2.62. The topological polar surface area (TPSA) is 46.9 Å². The van der Waals surface area contributed by atoms with E-state index in [4.69, 9.17) is 0 Å². The number of anilines is 1. The average molecular weight is 402 g/mol. The Morgan fingerprint density at radius 1 is 1.25 bits per heavy atom. The van der Waals surface area contributed by atoms with Gasteiger partial charge in [-0.1, -0.05) is 22.0 Å². The van der Waals surface area contributed by atoms with Gasteiger partial charge in [0.1, 0.15) is 5.82 Å². The lowest BCUT2D eigenvalue weighted by molar-refractivity contribution is 0.948. The monoisotopic (exact) mass is 401 g/mol. The van der Waals surface area contributed by atoms with E-state index in [0.29, 0.717) is 11.9 Å². The van der Waals surface area contributed by atoms with Gasteiger partial charge in [-0.2, -0.15) is 4.98 Å². The van der Waals surface area contributed by atoms with Crippen LogP contribution in [0.5, 0.6) is 0 Å². The van der Waals surface area contributed by atoms with Crippen LogP contribution < -0.4 is 11.0 Å². The van der Waals surface area contributed by atoms with Crippen molar-refractivity contribution in [2.75, 3.05) is 11.6 Å². The largest absolute Gasteiger partial charge is 0.367 e. The molecule has 24 heavy (non-hydrogen) atoms. The van der Waals surface area contributed by atoms with Gasteiger partial charge in [0.05, 0.1) is 11.2 Å². The van der Waals surface area contributed by atoms with Crippen LogP contribution in [0, 0.1) is 0 Å². The summed E-state index contributed by atoms with van der Waals surface area (Å²) in [5.41, 5.74) is 1.42. The summed E-state index contributed by atoms with van der Waals surface area (Å²) in [6.45, 7) is 0. The maximum absolute atomic E-state index is 12.8. The van der Waals surface area contributed by atoms with E-state index in [1.54, 1.807) is 16.3 Å². The summed E-state index contributed by atoms with van der Waals surface area (Å²) in [5.74, 6) is 0.683. The molecule has 0 unspecified atom stereocenters. The fourth-order valence-corrected chi connectivity index (χ4v) is 3.53. The third kappa shape index (κ3) is 2.96. The molecular formula is C18H16BrN3OS. The SMILES string of the molecule is CSc1cccc(-n2c(=O)nc(NC3CC3)c3ccc(Br)cc32)c1. The van der Waals surface area contributed by atoms with Gasteiger partial charge in [-0.3, -0.25) is 4.57 Å². The molecule has 4 nitrogen and oxygen atoms in total. The lowest BCUT2D eigenvalue weighted by Gasteiger charge is -2.14. The Kier molecular flexibility index (Phi) is 4.10. The summed E-state index contributed by atoms with van der Waals surface area (Å²) in [4.78, 5) is 18.2. The molecule has 0 spiro atoms. The van der Waals surface area contributed by atoms with E-state index in [0.717, 1.165) is 38.8 Å². The second kappa shape index (κ2) is 6.26. The molecule has 1 N–H and O–H groups in total. The fourth-order valence-electron chi connectivity index (χ4n) is 2.73. The predicted octanol–water partition coefficient (Wildman–Crippen LogP) is 4.44. The molecule has 1 saturated carbocycles. The zero-order chi connectivity index (χ0) is 16.7. The van der Waals surface area contributed by atoms with Gasteiger partial charge in [-0.25, -0.2) is 4.79 Å². The van der Waals surface area contributed by atoms with Crippen molar-refractivity contribution in [3.63, 3.8) is 0 Å². The van der Waals surface area contributed by atoms with Crippen molar-refractivity contribution in [2.24, 2.45) is 0 Å². The first kappa shape index (κ1) is 15.7. The Balaban J connectivity index is 1.99. The number of hydrogen-bond donors (Lipinski definition) is 1. The maximum atomic E-state index is 12.8. The molecule has 0 atom stereocenters. The van der Waals surface area contributed by atoms with E-state index < -0.39 is 0 Å². The maximum Gasteiger partial charge on any atom is 0.354 e. The molecule has 122 valence electrons. The Bertz CT molecular complexity index is 982. The number of nitrogens with zero attached hydrogens (tertiary/aromatic N) is 2. The number of aromatic nitrogens is 2. The standard InChI is InChI=1S/C18H16BrN3OS/c1-24-14-4-2-3-13(10-14)22-16-9-11(19)5-8-15(16)17(21-18(22)23)20-12-6-7-12/h2-5,8-10,12H,6-7H2,1H3,(H,20,21,23). The smallest absolute Gasteiger partial charge is 0.354 e. The minimum Gasteiger partial charge on any atom is -0.367 e. The van der Waals surface area contributed by atoms with Crippen LogP contribution in [0.15, 0.2) is 56.6 Å². The quantitative estimate of drug-likeness (QED) is 0.656. The van der Waals surface area contributed by atoms with E-state index in [1.807, 2.05) is 48.7 Å². The van der Waals surface area contributed by atoms with Gasteiger partial charge < -0.3 is 5.32 Å². The summed E-state index contributed by atoms with van der Waals surface area (Å²) in [7, 11) is 0. The highest BCUT2D eigenvalue weighted by Gasteiger charge is 2.23. The normalized spacial score (nSPS) is 14.1. The first-order valence-electron chi connectivity index (χ1n) is 7.79.